The van der Waals surface area contributed by atoms with Gasteiger partial charge in [-0.05, 0) is 23.8 Å². The average Bonchev–Trinajstić information content (AvgIpc) is 2.91. The van der Waals surface area contributed by atoms with Gasteiger partial charge < -0.3 is 0 Å². The third kappa shape index (κ3) is 2.50. The first-order valence-electron chi connectivity index (χ1n) is 5.74. The van der Waals surface area contributed by atoms with Crippen LogP contribution in [0.4, 0.5) is 0 Å². The fraction of sp³-hybridized carbons (Fsp3) is 0. The van der Waals surface area contributed by atoms with Crippen molar-refractivity contribution in [3.05, 3.63) is 67.5 Å². The van der Waals surface area contributed by atoms with Crippen LogP contribution in [0.1, 0.15) is 11.3 Å². The Bertz CT molecular complexity index is 850. The Labute approximate surface area is 128 Å². The molecule has 0 bridgehead atoms. The van der Waals surface area contributed by atoms with Gasteiger partial charge in [0.05, 0.1) is 5.69 Å². The van der Waals surface area contributed by atoms with Crippen LogP contribution < -0.4 is 5.56 Å². The third-order valence-corrected chi connectivity index (χ3v) is 4.10. The lowest BCUT2D eigenvalue weighted by molar-refractivity contribution is 1.07. The Hall–Kier alpha value is -1.62. The molecule has 1 aromatic carbocycles. The van der Waals surface area contributed by atoms with Gasteiger partial charge in [-0.2, -0.15) is 0 Å². The second-order valence-corrected chi connectivity index (χ2v) is 5.74. The fourth-order valence-electron chi connectivity index (χ4n) is 1.73. The van der Waals surface area contributed by atoms with E-state index in [1.165, 1.54) is 15.7 Å². The highest BCUT2D eigenvalue weighted by Gasteiger charge is 2.08. The number of rotatable bonds is 2. The molecule has 2 heterocycles. The van der Waals surface area contributed by atoms with Gasteiger partial charge in [-0.3, -0.25) is 9.20 Å². The van der Waals surface area contributed by atoms with Crippen molar-refractivity contribution in [3.8, 4) is 0 Å². The standard InChI is InChI=1S/C14H8Cl2N2OS/c15-10-4-1-9(2-5-10)3-6-11-12(16)13(19)18-7-8-20-14(18)17-11/h1-8H/b6-3+. The van der Waals surface area contributed by atoms with Crippen LogP contribution in [0, 0.1) is 0 Å². The number of hydrogen-bond donors (Lipinski definition) is 0. The van der Waals surface area contributed by atoms with Gasteiger partial charge in [0.2, 0.25) is 0 Å². The lowest BCUT2D eigenvalue weighted by Crippen LogP contribution is -2.14. The monoisotopic (exact) mass is 322 g/mol. The van der Waals surface area contributed by atoms with Crippen molar-refractivity contribution in [3.63, 3.8) is 0 Å². The molecule has 0 unspecified atom stereocenters. The first-order valence-corrected chi connectivity index (χ1v) is 7.38. The van der Waals surface area contributed by atoms with Gasteiger partial charge in [0, 0.05) is 16.6 Å². The van der Waals surface area contributed by atoms with Crippen LogP contribution in [0.3, 0.4) is 0 Å². The molecule has 0 N–H and O–H groups in total. The van der Waals surface area contributed by atoms with Gasteiger partial charge in [-0.1, -0.05) is 41.4 Å². The molecule has 2 aromatic heterocycles. The molecule has 20 heavy (non-hydrogen) atoms. The number of aromatic nitrogens is 2. The van der Waals surface area contributed by atoms with Crippen molar-refractivity contribution in [1.29, 1.82) is 0 Å². The molecule has 0 spiro atoms. The third-order valence-electron chi connectivity index (χ3n) is 2.74. The number of halogens is 2. The topological polar surface area (TPSA) is 34.4 Å². The van der Waals surface area contributed by atoms with E-state index >= 15 is 0 Å². The maximum Gasteiger partial charge on any atom is 0.277 e. The van der Waals surface area contributed by atoms with Crippen molar-refractivity contribution in [1.82, 2.24) is 9.38 Å². The molecule has 3 aromatic rings. The maximum atomic E-state index is 12.0. The first-order chi connectivity index (χ1) is 9.65. The largest absolute Gasteiger partial charge is 0.277 e. The second kappa shape index (κ2) is 5.40. The molecule has 0 radical (unpaired) electrons. The quantitative estimate of drug-likeness (QED) is 0.707. The molecular formula is C14H8Cl2N2OS. The Balaban J connectivity index is 2.04. The van der Waals surface area contributed by atoms with Gasteiger partial charge >= 0.3 is 0 Å². The first kappa shape index (κ1) is 13.4. The number of hydrogen-bond acceptors (Lipinski definition) is 3. The van der Waals surface area contributed by atoms with E-state index < -0.39 is 0 Å². The maximum absolute atomic E-state index is 12.0. The van der Waals surface area contributed by atoms with Crippen molar-refractivity contribution in [2.45, 2.75) is 0 Å². The molecule has 0 atom stereocenters. The molecule has 0 aliphatic rings. The Morgan fingerprint density at radius 3 is 2.65 bits per heavy atom. The van der Waals surface area contributed by atoms with E-state index in [0.717, 1.165) is 5.56 Å². The zero-order chi connectivity index (χ0) is 14.1. The zero-order valence-electron chi connectivity index (χ0n) is 10.1. The van der Waals surface area contributed by atoms with Crippen LogP contribution in [-0.2, 0) is 0 Å². The summed E-state index contributed by atoms with van der Waals surface area (Å²) in [6.07, 6.45) is 5.23. The molecule has 100 valence electrons. The van der Waals surface area contributed by atoms with E-state index in [0.29, 0.717) is 15.7 Å². The highest BCUT2D eigenvalue weighted by atomic mass is 35.5. The number of fused-ring (bicyclic) bond motifs is 1. The molecule has 0 saturated heterocycles. The summed E-state index contributed by atoms with van der Waals surface area (Å²) >= 11 is 13.3. The molecule has 6 heteroatoms. The molecular weight excluding hydrogens is 315 g/mol. The minimum absolute atomic E-state index is 0.117. The van der Waals surface area contributed by atoms with Crippen LogP contribution in [-0.4, -0.2) is 9.38 Å². The van der Waals surface area contributed by atoms with Gasteiger partial charge in [-0.25, -0.2) is 4.98 Å². The van der Waals surface area contributed by atoms with Crippen LogP contribution >= 0.6 is 34.5 Å². The summed E-state index contributed by atoms with van der Waals surface area (Å²) in [4.78, 5) is 17.0. The summed E-state index contributed by atoms with van der Waals surface area (Å²) in [7, 11) is 0. The summed E-state index contributed by atoms with van der Waals surface area (Å²) in [6.45, 7) is 0. The van der Waals surface area contributed by atoms with Crippen LogP contribution in [0.25, 0.3) is 17.1 Å². The Morgan fingerprint density at radius 1 is 1.15 bits per heavy atom. The lowest BCUT2D eigenvalue weighted by Gasteiger charge is -1.99. The molecule has 0 saturated carbocycles. The second-order valence-electron chi connectivity index (χ2n) is 4.06. The van der Waals surface area contributed by atoms with E-state index in [4.69, 9.17) is 23.2 Å². The minimum Gasteiger partial charge on any atom is -0.267 e. The molecule has 3 nitrogen and oxygen atoms in total. The summed E-state index contributed by atoms with van der Waals surface area (Å²) in [5, 5.41) is 2.59. The number of benzene rings is 1. The van der Waals surface area contributed by atoms with Crippen molar-refractivity contribution in [2.24, 2.45) is 0 Å². The van der Waals surface area contributed by atoms with Gasteiger partial charge in [-0.15, -0.1) is 11.3 Å². The van der Waals surface area contributed by atoms with Gasteiger partial charge in [0.25, 0.3) is 5.56 Å². The smallest absolute Gasteiger partial charge is 0.267 e. The van der Waals surface area contributed by atoms with E-state index in [2.05, 4.69) is 4.98 Å². The van der Waals surface area contributed by atoms with Crippen molar-refractivity contribution < 1.29 is 0 Å². The van der Waals surface area contributed by atoms with E-state index in [1.807, 2.05) is 18.2 Å². The van der Waals surface area contributed by atoms with Crippen molar-refractivity contribution >= 4 is 51.7 Å². The van der Waals surface area contributed by atoms with Gasteiger partial charge in [0.1, 0.15) is 5.02 Å². The highest BCUT2D eigenvalue weighted by Crippen LogP contribution is 2.17. The molecule has 3 rings (SSSR count). The summed E-state index contributed by atoms with van der Waals surface area (Å²) in [6, 6.07) is 7.35. The molecule has 0 fully saturated rings. The number of nitrogens with zero attached hydrogens (tertiary/aromatic N) is 2. The molecule has 0 amide bonds. The predicted molar refractivity (Wildman–Crippen MR) is 84.7 cm³/mol. The molecule has 0 aliphatic heterocycles. The van der Waals surface area contributed by atoms with Crippen LogP contribution in [0.5, 0.6) is 0 Å². The number of thiazole rings is 1. The molecule has 0 aliphatic carbocycles. The minimum atomic E-state index is -0.256. The summed E-state index contributed by atoms with van der Waals surface area (Å²) in [5.41, 5.74) is 1.17. The van der Waals surface area contributed by atoms with Crippen LogP contribution in [0.2, 0.25) is 10.0 Å². The van der Waals surface area contributed by atoms with Crippen molar-refractivity contribution in [2.75, 3.05) is 0 Å². The summed E-state index contributed by atoms with van der Waals surface area (Å²) < 4.78 is 1.44. The Morgan fingerprint density at radius 2 is 1.90 bits per heavy atom. The van der Waals surface area contributed by atoms with E-state index in [-0.39, 0.29) is 10.6 Å². The SMILES string of the molecule is O=c1c(Cl)c(/C=C/c2ccc(Cl)cc2)nc2sccn12. The normalized spacial score (nSPS) is 11.5. The summed E-state index contributed by atoms with van der Waals surface area (Å²) in [5.74, 6) is 0. The van der Waals surface area contributed by atoms with E-state index in [1.54, 1.807) is 29.8 Å². The predicted octanol–water partition coefficient (Wildman–Crippen LogP) is 4.23. The zero-order valence-corrected chi connectivity index (χ0v) is 12.4. The average molecular weight is 323 g/mol. The lowest BCUT2D eigenvalue weighted by atomic mass is 10.2. The van der Waals surface area contributed by atoms with Crippen LogP contribution in [0.15, 0.2) is 40.6 Å². The van der Waals surface area contributed by atoms with Gasteiger partial charge in [0.15, 0.2) is 4.96 Å². The Kier molecular flexibility index (Phi) is 3.61. The van der Waals surface area contributed by atoms with E-state index in [9.17, 15) is 4.79 Å². The fourth-order valence-corrected chi connectivity index (χ4v) is 2.77. The highest BCUT2D eigenvalue weighted by molar-refractivity contribution is 7.15.